The number of nitrogens with one attached hydrogen (secondary N) is 2. The number of nitro benzene ring substituents is 1. The summed E-state index contributed by atoms with van der Waals surface area (Å²) in [4.78, 5) is 22.0. The van der Waals surface area contributed by atoms with Crippen LogP contribution in [-0.2, 0) is 4.79 Å². The largest absolute Gasteiger partial charge is 0.378 e. The fraction of sp³-hybridized carbons (Fsp3) is 0.462. The quantitative estimate of drug-likeness (QED) is 0.646. The molecule has 0 bridgehead atoms. The molecular formula is C13H18ClN3O3. The SMILES string of the molecule is CC(C)(C)NC(=O)CCNc1c(Cl)cccc1[N+](=O)[O-]. The zero-order valence-corrected chi connectivity index (χ0v) is 12.5. The minimum Gasteiger partial charge on any atom is -0.378 e. The number of nitro groups is 1. The summed E-state index contributed by atoms with van der Waals surface area (Å²) in [5, 5.41) is 16.8. The maximum absolute atomic E-state index is 11.6. The van der Waals surface area contributed by atoms with Crippen LogP contribution < -0.4 is 10.6 Å². The smallest absolute Gasteiger partial charge is 0.293 e. The number of nitrogens with zero attached hydrogens (tertiary/aromatic N) is 1. The van der Waals surface area contributed by atoms with E-state index in [-0.39, 0.29) is 40.8 Å². The van der Waals surface area contributed by atoms with Crippen molar-refractivity contribution in [3.63, 3.8) is 0 Å². The van der Waals surface area contributed by atoms with Crippen LogP contribution in [0.4, 0.5) is 11.4 Å². The van der Waals surface area contributed by atoms with Crippen LogP contribution in [0.1, 0.15) is 27.2 Å². The Morgan fingerprint density at radius 2 is 2.05 bits per heavy atom. The van der Waals surface area contributed by atoms with Crippen LogP contribution in [0.15, 0.2) is 18.2 Å². The summed E-state index contributed by atoms with van der Waals surface area (Å²) in [6, 6.07) is 4.44. The first kappa shape index (κ1) is 16.2. The summed E-state index contributed by atoms with van der Waals surface area (Å²) in [6.45, 7) is 5.93. The molecule has 0 aliphatic rings. The lowest BCUT2D eigenvalue weighted by Crippen LogP contribution is -2.41. The summed E-state index contributed by atoms with van der Waals surface area (Å²) in [5.74, 6) is -0.125. The number of hydrogen-bond donors (Lipinski definition) is 2. The molecule has 1 aromatic carbocycles. The van der Waals surface area contributed by atoms with Gasteiger partial charge in [-0.15, -0.1) is 0 Å². The topological polar surface area (TPSA) is 84.3 Å². The number of halogens is 1. The van der Waals surface area contributed by atoms with Gasteiger partial charge >= 0.3 is 0 Å². The maximum Gasteiger partial charge on any atom is 0.293 e. The van der Waals surface area contributed by atoms with Crippen molar-refractivity contribution in [2.45, 2.75) is 32.7 Å². The maximum atomic E-state index is 11.6. The highest BCUT2D eigenvalue weighted by atomic mass is 35.5. The number of rotatable bonds is 5. The zero-order valence-electron chi connectivity index (χ0n) is 11.7. The molecule has 0 spiro atoms. The molecule has 1 aromatic rings. The molecule has 0 fully saturated rings. The summed E-state index contributed by atoms with van der Waals surface area (Å²) < 4.78 is 0. The van der Waals surface area contributed by atoms with E-state index in [2.05, 4.69) is 10.6 Å². The van der Waals surface area contributed by atoms with Crippen LogP contribution >= 0.6 is 11.6 Å². The van der Waals surface area contributed by atoms with Gasteiger partial charge in [0.15, 0.2) is 0 Å². The molecule has 1 rings (SSSR count). The lowest BCUT2D eigenvalue weighted by Gasteiger charge is -2.20. The predicted octanol–water partition coefficient (Wildman–Crippen LogP) is 2.96. The normalized spacial score (nSPS) is 11.0. The van der Waals surface area contributed by atoms with Gasteiger partial charge in [0.25, 0.3) is 5.69 Å². The van der Waals surface area contributed by atoms with Crippen molar-refractivity contribution in [1.82, 2.24) is 5.32 Å². The van der Waals surface area contributed by atoms with Gasteiger partial charge in [-0.1, -0.05) is 17.7 Å². The number of anilines is 1. The zero-order chi connectivity index (χ0) is 15.3. The van der Waals surface area contributed by atoms with Crippen molar-refractivity contribution < 1.29 is 9.72 Å². The van der Waals surface area contributed by atoms with Crippen LogP contribution in [0, 0.1) is 10.1 Å². The lowest BCUT2D eigenvalue weighted by molar-refractivity contribution is -0.383. The standard InChI is InChI=1S/C13H18ClN3O3/c1-13(2,3)16-11(18)7-8-15-12-9(14)5-4-6-10(12)17(19)20/h4-6,15H,7-8H2,1-3H3,(H,16,18). The van der Waals surface area contributed by atoms with Crippen molar-refractivity contribution in [1.29, 1.82) is 0 Å². The highest BCUT2D eigenvalue weighted by Crippen LogP contribution is 2.31. The van der Waals surface area contributed by atoms with E-state index in [1.807, 2.05) is 20.8 Å². The van der Waals surface area contributed by atoms with Gasteiger partial charge in [-0.2, -0.15) is 0 Å². The Balaban J connectivity index is 2.63. The van der Waals surface area contributed by atoms with E-state index in [9.17, 15) is 14.9 Å². The Hall–Kier alpha value is -1.82. The third-order valence-corrected chi connectivity index (χ3v) is 2.67. The van der Waals surface area contributed by atoms with Crippen molar-refractivity contribution in [2.75, 3.05) is 11.9 Å². The molecule has 20 heavy (non-hydrogen) atoms. The Kier molecular flexibility index (Phi) is 5.33. The number of benzene rings is 1. The van der Waals surface area contributed by atoms with Gasteiger partial charge in [-0.25, -0.2) is 0 Å². The first-order valence-corrected chi connectivity index (χ1v) is 6.56. The second-order valence-corrected chi connectivity index (χ2v) is 5.77. The molecule has 7 heteroatoms. The molecule has 0 heterocycles. The van der Waals surface area contributed by atoms with Crippen LogP contribution in [0.3, 0.4) is 0 Å². The number of carbonyl (C=O) groups excluding carboxylic acids is 1. The monoisotopic (exact) mass is 299 g/mol. The molecular weight excluding hydrogens is 282 g/mol. The van der Waals surface area contributed by atoms with E-state index in [0.29, 0.717) is 0 Å². The summed E-state index contributed by atoms with van der Waals surface area (Å²) in [5.41, 5.74) is -0.163. The van der Waals surface area contributed by atoms with Crippen LogP contribution in [0.25, 0.3) is 0 Å². The fourth-order valence-electron chi connectivity index (χ4n) is 1.62. The molecule has 0 saturated heterocycles. The van der Waals surface area contributed by atoms with Gasteiger partial charge in [-0.3, -0.25) is 14.9 Å². The van der Waals surface area contributed by atoms with Gasteiger partial charge in [0.05, 0.1) is 9.95 Å². The molecule has 1 amide bonds. The first-order valence-electron chi connectivity index (χ1n) is 6.18. The summed E-state index contributed by atoms with van der Waals surface area (Å²) in [7, 11) is 0. The minimum absolute atomic E-state index is 0.103. The van der Waals surface area contributed by atoms with E-state index in [4.69, 9.17) is 11.6 Å². The third kappa shape index (κ3) is 5.05. The Morgan fingerprint density at radius 1 is 1.40 bits per heavy atom. The van der Waals surface area contributed by atoms with Gasteiger partial charge in [-0.05, 0) is 26.8 Å². The van der Waals surface area contributed by atoms with Gasteiger partial charge < -0.3 is 10.6 Å². The molecule has 0 aromatic heterocycles. The molecule has 0 radical (unpaired) electrons. The molecule has 6 nitrogen and oxygen atoms in total. The lowest BCUT2D eigenvalue weighted by atomic mass is 10.1. The Labute approximate surface area is 122 Å². The van der Waals surface area contributed by atoms with Gasteiger partial charge in [0.2, 0.25) is 5.91 Å². The van der Waals surface area contributed by atoms with Gasteiger partial charge in [0, 0.05) is 24.6 Å². The van der Waals surface area contributed by atoms with Crippen LogP contribution in [0.2, 0.25) is 5.02 Å². The van der Waals surface area contributed by atoms with Crippen molar-refractivity contribution in [2.24, 2.45) is 0 Å². The second-order valence-electron chi connectivity index (χ2n) is 5.37. The third-order valence-electron chi connectivity index (χ3n) is 2.36. The number of amides is 1. The molecule has 2 N–H and O–H groups in total. The van der Waals surface area contributed by atoms with E-state index >= 15 is 0 Å². The van der Waals surface area contributed by atoms with E-state index < -0.39 is 4.92 Å². The predicted molar refractivity (Wildman–Crippen MR) is 79.1 cm³/mol. The molecule has 0 aliphatic carbocycles. The first-order chi connectivity index (χ1) is 9.20. The number of carbonyl (C=O) groups is 1. The Morgan fingerprint density at radius 3 is 2.60 bits per heavy atom. The van der Waals surface area contributed by atoms with Crippen molar-refractivity contribution in [3.8, 4) is 0 Å². The van der Waals surface area contributed by atoms with E-state index in [1.165, 1.54) is 12.1 Å². The number of hydrogen-bond acceptors (Lipinski definition) is 4. The molecule has 0 unspecified atom stereocenters. The molecule has 0 saturated carbocycles. The fourth-order valence-corrected chi connectivity index (χ4v) is 1.86. The summed E-state index contributed by atoms with van der Waals surface area (Å²) >= 11 is 5.93. The average Bonchev–Trinajstić information content (AvgIpc) is 2.28. The van der Waals surface area contributed by atoms with Crippen molar-refractivity contribution in [3.05, 3.63) is 33.3 Å². The molecule has 0 aliphatic heterocycles. The second kappa shape index (κ2) is 6.56. The summed E-state index contributed by atoms with van der Waals surface area (Å²) in [6.07, 6.45) is 0.208. The highest BCUT2D eigenvalue weighted by molar-refractivity contribution is 6.33. The van der Waals surface area contributed by atoms with Crippen molar-refractivity contribution >= 4 is 28.9 Å². The van der Waals surface area contributed by atoms with E-state index in [1.54, 1.807) is 6.07 Å². The Bertz CT molecular complexity index is 512. The molecule has 110 valence electrons. The molecule has 0 atom stereocenters. The van der Waals surface area contributed by atoms with Crippen LogP contribution in [0.5, 0.6) is 0 Å². The average molecular weight is 300 g/mol. The number of para-hydroxylation sites is 1. The van der Waals surface area contributed by atoms with Gasteiger partial charge in [0.1, 0.15) is 5.69 Å². The van der Waals surface area contributed by atoms with E-state index in [0.717, 1.165) is 0 Å². The minimum atomic E-state index is -0.510. The van der Waals surface area contributed by atoms with Crippen LogP contribution in [-0.4, -0.2) is 22.9 Å². The highest BCUT2D eigenvalue weighted by Gasteiger charge is 2.17.